The van der Waals surface area contributed by atoms with E-state index in [1.165, 1.54) is 38.5 Å². The summed E-state index contributed by atoms with van der Waals surface area (Å²) in [5, 5.41) is 12.2. The minimum atomic E-state index is -1.01. The fraction of sp³-hybridized carbons (Fsp3) is 0.680. The molecular weight excluding hydrogens is 447 g/mol. The van der Waals surface area contributed by atoms with E-state index in [0.29, 0.717) is 31.3 Å². The van der Waals surface area contributed by atoms with E-state index in [4.69, 9.17) is 23.2 Å². The van der Waals surface area contributed by atoms with Gasteiger partial charge in [0.05, 0.1) is 0 Å². The van der Waals surface area contributed by atoms with Crippen LogP contribution in [-0.4, -0.2) is 47.9 Å². The predicted octanol–water partition coefficient (Wildman–Crippen LogP) is 6.00. The highest BCUT2D eigenvalue weighted by atomic mass is 35.5. The quantitative estimate of drug-likeness (QED) is 0.185. The summed E-state index contributed by atoms with van der Waals surface area (Å²) in [7, 11) is 0. The highest BCUT2D eigenvalue weighted by molar-refractivity contribution is 6.18. The van der Waals surface area contributed by atoms with Crippen LogP contribution in [0.3, 0.4) is 0 Å². The fourth-order valence-electron chi connectivity index (χ4n) is 3.72. The Labute approximate surface area is 203 Å². The van der Waals surface area contributed by atoms with Gasteiger partial charge in [-0.2, -0.15) is 0 Å². The summed E-state index contributed by atoms with van der Waals surface area (Å²) in [6.45, 7) is 3.61. The largest absolute Gasteiger partial charge is 0.480 e. The summed E-state index contributed by atoms with van der Waals surface area (Å²) in [5.74, 6) is -0.192. The maximum absolute atomic E-state index is 12.2. The van der Waals surface area contributed by atoms with Crippen LogP contribution in [0.4, 0.5) is 5.69 Å². The molecular formula is C25H40Cl2N2O3. The van der Waals surface area contributed by atoms with Crippen molar-refractivity contribution in [2.45, 2.75) is 83.6 Å². The van der Waals surface area contributed by atoms with Gasteiger partial charge in [0.1, 0.15) is 6.04 Å². The maximum atomic E-state index is 12.2. The van der Waals surface area contributed by atoms with E-state index in [2.05, 4.69) is 17.1 Å². The Balaban J connectivity index is 2.40. The van der Waals surface area contributed by atoms with Crippen LogP contribution in [0.1, 0.15) is 76.7 Å². The molecule has 0 aliphatic heterocycles. The molecule has 1 aromatic carbocycles. The standard InChI is InChI=1S/C25H40Cl2N2O3/c1-2-3-4-5-6-7-8-9-10-11-24(30)28-23(25(31)32)20-21-12-14-22(15-13-21)29(18-16-26)19-17-27/h12-15,23H,2-11,16-20H2,1H3,(H,28,30)(H,31,32). The molecule has 1 rings (SSSR count). The number of alkyl halides is 2. The Bertz CT molecular complexity index is 635. The van der Waals surface area contributed by atoms with Gasteiger partial charge in [0.2, 0.25) is 5.91 Å². The molecule has 0 fully saturated rings. The molecule has 0 saturated heterocycles. The zero-order valence-electron chi connectivity index (χ0n) is 19.5. The summed E-state index contributed by atoms with van der Waals surface area (Å²) >= 11 is 11.7. The van der Waals surface area contributed by atoms with Crippen LogP contribution < -0.4 is 10.2 Å². The molecule has 0 saturated carbocycles. The number of anilines is 1. The lowest BCUT2D eigenvalue weighted by molar-refractivity contribution is -0.141. The summed E-state index contributed by atoms with van der Waals surface area (Å²) in [5.41, 5.74) is 1.86. The normalized spacial score (nSPS) is 11.8. The maximum Gasteiger partial charge on any atom is 0.326 e. The third-order valence-corrected chi connectivity index (χ3v) is 5.93. The van der Waals surface area contributed by atoms with Gasteiger partial charge in [0.15, 0.2) is 0 Å². The first kappa shape index (κ1) is 28.6. The second-order valence-electron chi connectivity index (χ2n) is 8.27. The molecule has 1 amide bonds. The highest BCUT2D eigenvalue weighted by Crippen LogP contribution is 2.17. The third-order valence-electron chi connectivity index (χ3n) is 5.59. The number of hydrogen-bond acceptors (Lipinski definition) is 3. The number of unbranched alkanes of at least 4 members (excludes halogenated alkanes) is 8. The second-order valence-corrected chi connectivity index (χ2v) is 9.03. The van der Waals surface area contributed by atoms with Crippen molar-refractivity contribution in [2.24, 2.45) is 0 Å². The van der Waals surface area contributed by atoms with Gasteiger partial charge in [-0.1, -0.05) is 70.4 Å². The number of amides is 1. The molecule has 0 aliphatic rings. The molecule has 1 atom stereocenters. The number of benzene rings is 1. The van der Waals surface area contributed by atoms with E-state index in [9.17, 15) is 14.7 Å². The summed E-state index contributed by atoms with van der Waals surface area (Å²) < 4.78 is 0. The van der Waals surface area contributed by atoms with Crippen molar-refractivity contribution in [3.05, 3.63) is 29.8 Å². The van der Waals surface area contributed by atoms with Crippen molar-refractivity contribution in [1.29, 1.82) is 0 Å². The number of rotatable bonds is 19. The van der Waals surface area contributed by atoms with Gasteiger partial charge < -0.3 is 15.3 Å². The van der Waals surface area contributed by atoms with Crippen molar-refractivity contribution in [2.75, 3.05) is 29.7 Å². The van der Waals surface area contributed by atoms with Crippen LogP contribution in [0.25, 0.3) is 0 Å². The molecule has 0 radical (unpaired) electrons. The van der Waals surface area contributed by atoms with Gasteiger partial charge in [-0.25, -0.2) is 4.79 Å². The van der Waals surface area contributed by atoms with E-state index in [-0.39, 0.29) is 12.3 Å². The molecule has 7 heteroatoms. The van der Waals surface area contributed by atoms with Crippen LogP contribution in [0.2, 0.25) is 0 Å². The third kappa shape index (κ3) is 12.5. The Morgan fingerprint density at radius 1 is 0.906 bits per heavy atom. The number of nitrogens with zero attached hydrogens (tertiary/aromatic N) is 1. The molecule has 0 aliphatic carbocycles. The van der Waals surface area contributed by atoms with Crippen molar-refractivity contribution < 1.29 is 14.7 Å². The van der Waals surface area contributed by atoms with Gasteiger partial charge in [-0.3, -0.25) is 4.79 Å². The van der Waals surface area contributed by atoms with E-state index in [0.717, 1.165) is 30.5 Å². The number of aliphatic carboxylic acids is 1. The number of carboxylic acids is 1. The van der Waals surface area contributed by atoms with Crippen molar-refractivity contribution in [1.82, 2.24) is 5.32 Å². The smallest absolute Gasteiger partial charge is 0.326 e. The minimum absolute atomic E-state index is 0.188. The van der Waals surface area contributed by atoms with Crippen molar-refractivity contribution in [3.63, 3.8) is 0 Å². The number of nitrogens with one attached hydrogen (secondary N) is 1. The molecule has 0 spiro atoms. The second kappa shape index (κ2) is 18.0. The number of carboxylic acid groups (broad SMARTS) is 1. The number of hydrogen-bond donors (Lipinski definition) is 2. The van der Waals surface area contributed by atoms with Gasteiger partial charge in [-0.05, 0) is 24.1 Å². The van der Waals surface area contributed by atoms with Gasteiger partial charge in [0, 0.05) is 43.4 Å². The highest BCUT2D eigenvalue weighted by Gasteiger charge is 2.20. The molecule has 1 unspecified atom stereocenters. The van der Waals surface area contributed by atoms with E-state index in [1.54, 1.807) is 0 Å². The Hall–Kier alpha value is -1.46. The fourth-order valence-corrected chi connectivity index (χ4v) is 4.12. The van der Waals surface area contributed by atoms with Crippen LogP contribution in [0, 0.1) is 0 Å². The Morgan fingerprint density at radius 3 is 1.94 bits per heavy atom. The topological polar surface area (TPSA) is 69.6 Å². The van der Waals surface area contributed by atoms with Crippen LogP contribution in [0.5, 0.6) is 0 Å². The zero-order valence-corrected chi connectivity index (χ0v) is 21.0. The SMILES string of the molecule is CCCCCCCCCCCC(=O)NC(Cc1ccc(N(CCCl)CCCl)cc1)C(=O)O. The molecule has 5 nitrogen and oxygen atoms in total. The molecule has 0 heterocycles. The zero-order chi connectivity index (χ0) is 23.6. The lowest BCUT2D eigenvalue weighted by Gasteiger charge is -2.23. The molecule has 0 aromatic heterocycles. The number of carbonyl (C=O) groups is 2. The average molecular weight is 488 g/mol. The molecule has 2 N–H and O–H groups in total. The van der Waals surface area contributed by atoms with Crippen molar-refractivity contribution >= 4 is 40.8 Å². The monoisotopic (exact) mass is 486 g/mol. The first-order chi connectivity index (χ1) is 15.5. The molecule has 1 aromatic rings. The van der Waals surface area contributed by atoms with Gasteiger partial charge in [0.25, 0.3) is 0 Å². The Kier molecular flexibility index (Phi) is 16.1. The van der Waals surface area contributed by atoms with Crippen LogP contribution in [0.15, 0.2) is 24.3 Å². The number of carbonyl (C=O) groups excluding carboxylic acids is 1. The van der Waals surface area contributed by atoms with Gasteiger partial charge in [-0.15, -0.1) is 23.2 Å². The van der Waals surface area contributed by atoms with Gasteiger partial charge >= 0.3 is 5.97 Å². The lowest BCUT2D eigenvalue weighted by Crippen LogP contribution is -2.42. The lowest BCUT2D eigenvalue weighted by atomic mass is 10.0. The predicted molar refractivity (Wildman–Crippen MR) is 135 cm³/mol. The average Bonchev–Trinajstić information content (AvgIpc) is 2.78. The van der Waals surface area contributed by atoms with Crippen LogP contribution in [-0.2, 0) is 16.0 Å². The molecule has 0 bridgehead atoms. The first-order valence-corrected chi connectivity index (χ1v) is 13.1. The van der Waals surface area contributed by atoms with Crippen LogP contribution >= 0.6 is 23.2 Å². The van der Waals surface area contributed by atoms with E-state index in [1.807, 2.05) is 24.3 Å². The number of halogens is 2. The minimum Gasteiger partial charge on any atom is -0.480 e. The summed E-state index contributed by atoms with van der Waals surface area (Å²) in [6.07, 6.45) is 11.3. The van der Waals surface area contributed by atoms with E-state index < -0.39 is 12.0 Å². The summed E-state index contributed by atoms with van der Waals surface area (Å²) in [4.78, 5) is 26.0. The molecule has 32 heavy (non-hydrogen) atoms. The summed E-state index contributed by atoms with van der Waals surface area (Å²) in [6, 6.07) is 6.75. The van der Waals surface area contributed by atoms with Crippen molar-refractivity contribution in [3.8, 4) is 0 Å². The first-order valence-electron chi connectivity index (χ1n) is 12.0. The molecule has 182 valence electrons. The van der Waals surface area contributed by atoms with E-state index >= 15 is 0 Å². The Morgan fingerprint density at radius 2 is 1.44 bits per heavy atom.